The van der Waals surface area contributed by atoms with Gasteiger partial charge in [0.15, 0.2) is 0 Å². The molecule has 6 fully saturated rings. The van der Waals surface area contributed by atoms with E-state index in [0.717, 1.165) is 64.7 Å². The van der Waals surface area contributed by atoms with E-state index < -0.39 is 56.6 Å². The SMILES string of the molecule is CN1CCC[C@H](NC(=O)N2CC[C@@H]3[C@H]2C(=O)N3S(=O)(=O)O)CC1.O=C(N[C@H]1CCCNCC1)N1CC[C@@H]2[C@H]1C(=O)N2S(=O)(=O)O. The normalized spacial score (nSPS) is 32.2. The third kappa shape index (κ3) is 6.99. The van der Waals surface area contributed by atoms with Crippen molar-refractivity contribution in [2.75, 3.05) is 46.3 Å². The quantitative estimate of drug-likeness (QED) is 0.164. The van der Waals surface area contributed by atoms with Gasteiger partial charge in [0.25, 0.3) is 11.8 Å². The molecule has 18 nitrogen and oxygen atoms in total. The number of fused-ring (bicyclic) bond motifs is 2. The van der Waals surface area contributed by atoms with E-state index in [0.29, 0.717) is 34.5 Å². The maximum atomic E-state index is 12.4. The number of carbonyl (C=O) groups excluding carboxylic acids is 4. The van der Waals surface area contributed by atoms with Crippen LogP contribution in [-0.2, 0) is 30.2 Å². The first-order valence-electron chi connectivity index (χ1n) is 15.3. The van der Waals surface area contributed by atoms with Gasteiger partial charge in [-0.15, -0.1) is 0 Å². The summed E-state index contributed by atoms with van der Waals surface area (Å²) < 4.78 is 63.6. The number of carbonyl (C=O) groups is 4. The minimum absolute atomic E-state index is 0.0643. The fourth-order valence-corrected chi connectivity index (χ4v) is 8.95. The first-order chi connectivity index (χ1) is 21.2. The van der Waals surface area contributed by atoms with E-state index in [1.807, 2.05) is 7.05 Å². The number of amides is 6. The van der Waals surface area contributed by atoms with Crippen LogP contribution in [0.4, 0.5) is 9.59 Å². The predicted octanol–water partition coefficient (Wildman–Crippen LogP) is -1.81. The van der Waals surface area contributed by atoms with Gasteiger partial charge < -0.3 is 30.7 Å². The second-order valence-corrected chi connectivity index (χ2v) is 15.0. The number of nitrogens with one attached hydrogen (secondary N) is 3. The first kappa shape index (κ1) is 33.6. The summed E-state index contributed by atoms with van der Waals surface area (Å²) in [5.41, 5.74) is 0. The van der Waals surface area contributed by atoms with Gasteiger partial charge in [0.05, 0.1) is 12.1 Å². The van der Waals surface area contributed by atoms with E-state index in [1.54, 1.807) is 0 Å². The van der Waals surface area contributed by atoms with Gasteiger partial charge in [-0.1, -0.05) is 0 Å². The van der Waals surface area contributed by atoms with E-state index in [-0.39, 0.29) is 24.1 Å². The van der Waals surface area contributed by atoms with E-state index >= 15 is 0 Å². The van der Waals surface area contributed by atoms with Crippen molar-refractivity contribution in [1.82, 2.24) is 39.3 Å². The largest absolute Gasteiger partial charge is 0.362 e. The fourth-order valence-electron chi connectivity index (χ4n) is 7.15. The molecule has 0 radical (unpaired) electrons. The third-order valence-electron chi connectivity index (χ3n) is 9.48. The Kier molecular flexibility index (Phi) is 9.81. The minimum Gasteiger partial charge on any atom is -0.335 e. The highest BCUT2D eigenvalue weighted by molar-refractivity contribution is 7.84. The summed E-state index contributed by atoms with van der Waals surface area (Å²) in [4.78, 5) is 53.6. The smallest absolute Gasteiger partial charge is 0.335 e. The molecule has 45 heavy (non-hydrogen) atoms. The molecule has 0 aromatic heterocycles. The van der Waals surface area contributed by atoms with Crippen LogP contribution >= 0.6 is 0 Å². The maximum absolute atomic E-state index is 12.4. The van der Waals surface area contributed by atoms with E-state index in [9.17, 15) is 36.0 Å². The molecule has 254 valence electrons. The fraction of sp³-hybridized carbons (Fsp3) is 0.840. The van der Waals surface area contributed by atoms with Gasteiger partial charge in [0, 0.05) is 25.2 Å². The van der Waals surface area contributed by atoms with Gasteiger partial charge in [-0.25, -0.2) is 18.2 Å². The van der Waals surface area contributed by atoms with Crippen molar-refractivity contribution in [2.24, 2.45) is 0 Å². The number of β-lactam (4-membered cyclic amide) rings is 2. The molecular weight excluding hydrogens is 636 g/mol. The second kappa shape index (κ2) is 13.1. The molecule has 6 saturated heterocycles. The Hall–Kier alpha value is -2.78. The molecule has 0 aliphatic carbocycles. The summed E-state index contributed by atoms with van der Waals surface area (Å²) in [6.07, 6.45) is 6.16. The minimum atomic E-state index is -4.54. The van der Waals surface area contributed by atoms with Crippen LogP contribution in [0.2, 0.25) is 0 Å². The lowest BCUT2D eigenvalue weighted by Gasteiger charge is -2.42. The second-order valence-electron chi connectivity index (χ2n) is 12.4. The molecule has 0 spiro atoms. The van der Waals surface area contributed by atoms with Crippen molar-refractivity contribution >= 4 is 44.5 Å². The molecule has 0 aromatic carbocycles. The molecule has 5 N–H and O–H groups in total. The molecule has 0 unspecified atom stereocenters. The van der Waals surface area contributed by atoms with Gasteiger partial charge in [-0.2, -0.15) is 16.8 Å². The molecule has 0 saturated carbocycles. The van der Waals surface area contributed by atoms with Crippen LogP contribution in [0.5, 0.6) is 0 Å². The Labute approximate surface area is 262 Å². The monoisotopic (exact) mass is 678 g/mol. The molecular formula is C25H42N8O10S2. The van der Waals surface area contributed by atoms with Crippen molar-refractivity contribution in [3.63, 3.8) is 0 Å². The van der Waals surface area contributed by atoms with Gasteiger partial charge in [-0.05, 0) is 84.6 Å². The van der Waals surface area contributed by atoms with Crippen LogP contribution in [0.25, 0.3) is 0 Å². The average molecular weight is 679 g/mol. The van der Waals surface area contributed by atoms with E-state index in [4.69, 9.17) is 9.11 Å². The molecule has 0 aromatic rings. The summed E-state index contributed by atoms with van der Waals surface area (Å²) in [6, 6.07) is -3.34. The number of nitrogens with zero attached hydrogens (tertiary/aromatic N) is 5. The number of likely N-dealkylation sites (tertiary alicyclic amines) is 3. The third-order valence-corrected chi connectivity index (χ3v) is 11.4. The van der Waals surface area contributed by atoms with Gasteiger partial charge in [-0.3, -0.25) is 18.7 Å². The molecule has 6 atom stereocenters. The van der Waals surface area contributed by atoms with E-state index in [1.165, 1.54) is 9.80 Å². The van der Waals surface area contributed by atoms with Crippen molar-refractivity contribution in [3.8, 4) is 0 Å². The van der Waals surface area contributed by atoms with Gasteiger partial charge >= 0.3 is 32.7 Å². The van der Waals surface area contributed by atoms with Crippen molar-refractivity contribution in [3.05, 3.63) is 0 Å². The number of rotatable bonds is 4. The highest BCUT2D eigenvalue weighted by atomic mass is 32.2. The summed E-state index contributed by atoms with van der Waals surface area (Å²) in [5, 5.41) is 9.14. The van der Waals surface area contributed by atoms with Crippen LogP contribution in [0, 0.1) is 0 Å². The lowest BCUT2D eigenvalue weighted by Crippen LogP contribution is -2.69. The summed E-state index contributed by atoms with van der Waals surface area (Å²) in [5.74, 6) is -1.46. The summed E-state index contributed by atoms with van der Waals surface area (Å²) >= 11 is 0. The Morgan fingerprint density at radius 1 is 0.689 bits per heavy atom. The Balaban J connectivity index is 0.000000178. The molecule has 0 bridgehead atoms. The zero-order valence-electron chi connectivity index (χ0n) is 25.1. The molecule has 6 heterocycles. The molecule has 6 aliphatic heterocycles. The highest BCUT2D eigenvalue weighted by Crippen LogP contribution is 2.36. The molecule has 6 amide bonds. The highest BCUT2D eigenvalue weighted by Gasteiger charge is 2.61. The van der Waals surface area contributed by atoms with Crippen molar-refractivity contribution < 1.29 is 45.1 Å². The zero-order valence-corrected chi connectivity index (χ0v) is 26.7. The van der Waals surface area contributed by atoms with Crippen LogP contribution < -0.4 is 16.0 Å². The zero-order chi connectivity index (χ0) is 32.7. The first-order valence-corrected chi connectivity index (χ1v) is 18.1. The number of urea groups is 2. The number of hydrogen-bond donors (Lipinski definition) is 5. The lowest BCUT2D eigenvalue weighted by molar-refractivity contribution is -0.144. The van der Waals surface area contributed by atoms with E-state index in [2.05, 4.69) is 20.9 Å². The van der Waals surface area contributed by atoms with Crippen LogP contribution in [0.1, 0.15) is 51.4 Å². The summed E-state index contributed by atoms with van der Waals surface area (Å²) in [6.45, 7) is 4.31. The number of hydrogen-bond acceptors (Lipinski definition) is 10. The Morgan fingerprint density at radius 3 is 1.69 bits per heavy atom. The Bertz CT molecular complexity index is 1390. The lowest BCUT2D eigenvalue weighted by atomic mass is 10.0. The van der Waals surface area contributed by atoms with Crippen LogP contribution in [0.3, 0.4) is 0 Å². The van der Waals surface area contributed by atoms with Crippen molar-refractivity contribution in [1.29, 1.82) is 0 Å². The van der Waals surface area contributed by atoms with Gasteiger partial charge in [0.2, 0.25) is 0 Å². The van der Waals surface area contributed by atoms with Gasteiger partial charge in [0.1, 0.15) is 12.1 Å². The maximum Gasteiger partial charge on any atom is 0.362 e. The average Bonchev–Trinajstić information content (AvgIpc) is 3.29. The predicted molar refractivity (Wildman–Crippen MR) is 157 cm³/mol. The molecule has 6 aliphatic rings. The van der Waals surface area contributed by atoms with Crippen LogP contribution in [0.15, 0.2) is 0 Å². The molecule has 6 rings (SSSR count). The standard InChI is InChI=1S/C13H22N4O5S.C12H20N4O5S/c1-15-6-2-3-9(4-7-15)14-13(19)16-8-5-10-11(16)12(18)17(10)23(20,21)22;17-11-10-9(16(11)22(19,20)21)4-7-15(10)12(18)14-8-2-1-5-13-6-3-8/h9-11H,2-8H2,1H3,(H,14,19)(H,20,21,22);8-10,13H,1-7H2,(H,14,18)(H,19,20,21)/t9-,10+,11-;8-,9+,10-/m00/s1. The molecule has 20 heteroatoms. The Morgan fingerprint density at radius 2 is 1.18 bits per heavy atom. The summed E-state index contributed by atoms with van der Waals surface area (Å²) in [7, 11) is -7.02. The van der Waals surface area contributed by atoms with Crippen molar-refractivity contribution in [2.45, 2.75) is 87.6 Å². The topological polar surface area (TPSA) is 229 Å². The van der Waals surface area contributed by atoms with Crippen LogP contribution in [-0.4, -0.2) is 156 Å².